The first-order valence-corrected chi connectivity index (χ1v) is 8.88. The number of allylic oxidation sites excluding steroid dienone is 2. The van der Waals surface area contributed by atoms with E-state index in [1.165, 1.54) is 16.1 Å². The Morgan fingerprint density at radius 1 is 1.23 bits per heavy atom. The Bertz CT molecular complexity index is 689. The Morgan fingerprint density at radius 2 is 2.14 bits per heavy atom. The van der Waals surface area contributed by atoms with Gasteiger partial charge in [-0.2, -0.15) is 0 Å². The molecule has 2 nitrogen and oxygen atoms in total. The van der Waals surface area contributed by atoms with Crippen molar-refractivity contribution in [2.24, 2.45) is 5.92 Å². The standard InChI is InChI=1S/C19H21NOS/c1-12(2)21-16-9-4-8-14-13-6-3-7-15(13)19(20-18(14)16)17-10-5-11-22-17/h3-6,8-13,15,19-20H,7H2,1-2H3. The molecule has 0 spiro atoms. The molecule has 0 bridgehead atoms. The molecule has 2 heterocycles. The van der Waals surface area contributed by atoms with E-state index in [0.29, 0.717) is 17.9 Å². The number of thiophene rings is 1. The second-order valence-corrected chi connectivity index (χ2v) is 7.36. The van der Waals surface area contributed by atoms with Crippen LogP contribution in [0.2, 0.25) is 0 Å². The van der Waals surface area contributed by atoms with Crippen molar-refractivity contribution in [3.05, 3.63) is 58.3 Å². The Labute approximate surface area is 135 Å². The maximum absolute atomic E-state index is 6.04. The first kappa shape index (κ1) is 13.9. The van der Waals surface area contributed by atoms with Crippen LogP contribution in [0.5, 0.6) is 5.75 Å². The quantitative estimate of drug-likeness (QED) is 0.770. The highest BCUT2D eigenvalue weighted by atomic mass is 32.1. The lowest BCUT2D eigenvalue weighted by Gasteiger charge is -2.37. The van der Waals surface area contributed by atoms with E-state index >= 15 is 0 Å². The topological polar surface area (TPSA) is 21.3 Å². The van der Waals surface area contributed by atoms with Crippen LogP contribution in [0.25, 0.3) is 0 Å². The zero-order valence-corrected chi connectivity index (χ0v) is 13.8. The Kier molecular flexibility index (Phi) is 3.45. The fourth-order valence-corrected chi connectivity index (χ4v) is 4.55. The summed E-state index contributed by atoms with van der Waals surface area (Å²) in [6.07, 6.45) is 6.05. The fraction of sp³-hybridized carbons (Fsp3) is 0.368. The van der Waals surface area contributed by atoms with Crippen molar-refractivity contribution in [2.75, 3.05) is 5.32 Å². The molecule has 2 aliphatic rings. The zero-order chi connectivity index (χ0) is 15.1. The first-order valence-electron chi connectivity index (χ1n) is 8.00. The summed E-state index contributed by atoms with van der Waals surface area (Å²) in [6.45, 7) is 4.16. The molecule has 0 saturated carbocycles. The number of nitrogens with one attached hydrogen (secondary N) is 1. The average molecular weight is 311 g/mol. The molecule has 0 amide bonds. The molecule has 4 rings (SSSR count). The molecule has 0 fully saturated rings. The average Bonchev–Trinajstić information content (AvgIpc) is 3.18. The van der Waals surface area contributed by atoms with Gasteiger partial charge in [-0.15, -0.1) is 11.3 Å². The number of hydrogen-bond acceptors (Lipinski definition) is 3. The van der Waals surface area contributed by atoms with Crippen molar-refractivity contribution in [3.63, 3.8) is 0 Å². The lowest BCUT2D eigenvalue weighted by molar-refractivity contribution is 0.242. The molecule has 1 aromatic heterocycles. The maximum atomic E-state index is 6.04. The van der Waals surface area contributed by atoms with Crippen LogP contribution in [0.4, 0.5) is 5.69 Å². The predicted molar refractivity (Wildman–Crippen MR) is 92.9 cm³/mol. The van der Waals surface area contributed by atoms with Crippen molar-refractivity contribution in [2.45, 2.75) is 38.3 Å². The summed E-state index contributed by atoms with van der Waals surface area (Å²) in [4.78, 5) is 1.42. The van der Waals surface area contributed by atoms with Crippen LogP contribution in [0.15, 0.2) is 47.9 Å². The van der Waals surface area contributed by atoms with Crippen molar-refractivity contribution < 1.29 is 4.74 Å². The molecular weight excluding hydrogens is 290 g/mol. The number of fused-ring (bicyclic) bond motifs is 3. The zero-order valence-electron chi connectivity index (χ0n) is 13.0. The fourth-order valence-electron chi connectivity index (χ4n) is 3.69. The van der Waals surface area contributed by atoms with Crippen LogP contribution in [0, 0.1) is 5.92 Å². The number of hydrogen-bond donors (Lipinski definition) is 1. The summed E-state index contributed by atoms with van der Waals surface area (Å²) in [5.74, 6) is 2.09. The van der Waals surface area contributed by atoms with Crippen LogP contribution in [0.3, 0.4) is 0 Å². The van der Waals surface area contributed by atoms with E-state index in [1.54, 1.807) is 0 Å². The summed E-state index contributed by atoms with van der Waals surface area (Å²) >= 11 is 1.84. The second-order valence-electron chi connectivity index (χ2n) is 6.38. The molecule has 3 unspecified atom stereocenters. The van der Waals surface area contributed by atoms with Gasteiger partial charge in [-0.1, -0.05) is 30.4 Å². The first-order chi connectivity index (χ1) is 10.7. The van der Waals surface area contributed by atoms with Crippen LogP contribution in [-0.4, -0.2) is 6.10 Å². The number of rotatable bonds is 3. The SMILES string of the molecule is CC(C)Oc1cccc2c1NC(c1cccs1)C1CC=CC21. The lowest BCUT2D eigenvalue weighted by Crippen LogP contribution is -2.29. The molecule has 0 radical (unpaired) electrons. The summed E-state index contributed by atoms with van der Waals surface area (Å²) in [7, 11) is 0. The third-order valence-electron chi connectivity index (χ3n) is 4.57. The minimum absolute atomic E-state index is 0.185. The van der Waals surface area contributed by atoms with E-state index in [0.717, 1.165) is 12.2 Å². The van der Waals surface area contributed by atoms with Gasteiger partial charge >= 0.3 is 0 Å². The van der Waals surface area contributed by atoms with Crippen LogP contribution >= 0.6 is 11.3 Å². The van der Waals surface area contributed by atoms with Crippen molar-refractivity contribution in [1.29, 1.82) is 0 Å². The third kappa shape index (κ3) is 2.24. The van der Waals surface area contributed by atoms with E-state index in [4.69, 9.17) is 4.74 Å². The summed E-state index contributed by atoms with van der Waals surface area (Å²) in [6, 6.07) is 11.2. The molecule has 22 heavy (non-hydrogen) atoms. The van der Waals surface area contributed by atoms with Gasteiger partial charge in [0.05, 0.1) is 17.8 Å². The Morgan fingerprint density at radius 3 is 2.91 bits per heavy atom. The van der Waals surface area contributed by atoms with Crippen molar-refractivity contribution in [1.82, 2.24) is 0 Å². The Hall–Kier alpha value is -1.74. The highest BCUT2D eigenvalue weighted by Gasteiger charge is 2.39. The molecule has 3 atom stereocenters. The van der Waals surface area contributed by atoms with E-state index in [9.17, 15) is 0 Å². The van der Waals surface area contributed by atoms with Gasteiger partial charge in [0.2, 0.25) is 0 Å². The molecule has 1 aliphatic carbocycles. The number of anilines is 1. The largest absolute Gasteiger partial charge is 0.489 e. The normalized spacial score (nSPS) is 25.7. The Balaban J connectivity index is 1.79. The maximum Gasteiger partial charge on any atom is 0.143 e. The second kappa shape index (κ2) is 5.47. The number of para-hydroxylation sites is 1. The third-order valence-corrected chi connectivity index (χ3v) is 5.53. The minimum Gasteiger partial charge on any atom is -0.489 e. The van der Waals surface area contributed by atoms with Gasteiger partial charge in [-0.25, -0.2) is 0 Å². The minimum atomic E-state index is 0.185. The molecule has 1 N–H and O–H groups in total. The van der Waals surface area contributed by atoms with Crippen LogP contribution in [0.1, 0.15) is 42.7 Å². The molecule has 3 heteroatoms. The smallest absolute Gasteiger partial charge is 0.143 e. The van der Waals surface area contributed by atoms with Crippen LogP contribution < -0.4 is 10.1 Å². The van der Waals surface area contributed by atoms with Gasteiger partial charge in [0.1, 0.15) is 5.75 Å². The van der Waals surface area contributed by atoms with Gasteiger partial charge in [-0.05, 0) is 49.3 Å². The van der Waals surface area contributed by atoms with Gasteiger partial charge < -0.3 is 10.1 Å². The lowest BCUT2D eigenvalue weighted by atomic mass is 9.78. The number of benzene rings is 1. The molecule has 114 valence electrons. The van der Waals surface area contributed by atoms with Crippen molar-refractivity contribution in [3.8, 4) is 5.75 Å². The highest BCUT2D eigenvalue weighted by Crippen LogP contribution is 2.52. The molecular formula is C19H21NOS. The van der Waals surface area contributed by atoms with E-state index in [-0.39, 0.29) is 6.10 Å². The summed E-state index contributed by atoms with van der Waals surface area (Å²) in [5.41, 5.74) is 2.56. The van der Waals surface area contributed by atoms with Gasteiger partial charge in [0, 0.05) is 10.8 Å². The van der Waals surface area contributed by atoms with E-state index in [2.05, 4.69) is 67.0 Å². The number of ether oxygens (including phenoxy) is 1. The monoisotopic (exact) mass is 311 g/mol. The molecule has 1 aromatic carbocycles. The summed E-state index contributed by atoms with van der Waals surface area (Å²) < 4.78 is 6.04. The summed E-state index contributed by atoms with van der Waals surface area (Å²) in [5, 5.41) is 5.96. The van der Waals surface area contributed by atoms with E-state index in [1.807, 2.05) is 11.3 Å². The van der Waals surface area contributed by atoms with Gasteiger partial charge in [0.15, 0.2) is 0 Å². The van der Waals surface area contributed by atoms with Gasteiger partial charge in [-0.3, -0.25) is 0 Å². The predicted octanol–water partition coefficient (Wildman–Crippen LogP) is 5.36. The van der Waals surface area contributed by atoms with Gasteiger partial charge in [0.25, 0.3) is 0 Å². The molecule has 1 aliphatic heterocycles. The molecule has 2 aromatic rings. The highest BCUT2D eigenvalue weighted by molar-refractivity contribution is 7.10. The van der Waals surface area contributed by atoms with E-state index < -0.39 is 0 Å². The molecule has 0 saturated heterocycles. The van der Waals surface area contributed by atoms with Crippen LogP contribution in [-0.2, 0) is 0 Å². The van der Waals surface area contributed by atoms with Crippen molar-refractivity contribution >= 4 is 17.0 Å².